The molecule has 0 spiro atoms. The molecule has 1 atom stereocenters. The van der Waals surface area contributed by atoms with E-state index in [0.717, 1.165) is 22.6 Å². The SMILES string of the molecule is CC(Cc1ccc2c(c1C(C)C)OCCO2)C(=O)O. The number of fused-ring (bicyclic) bond motifs is 1. The average Bonchev–Trinajstić information content (AvgIpc) is 2.37. The van der Waals surface area contributed by atoms with Gasteiger partial charge in [-0.3, -0.25) is 4.79 Å². The first-order chi connectivity index (χ1) is 9.00. The summed E-state index contributed by atoms with van der Waals surface area (Å²) in [7, 11) is 0. The normalized spacial score (nSPS) is 15.4. The van der Waals surface area contributed by atoms with Crippen molar-refractivity contribution in [3.05, 3.63) is 23.3 Å². The molecule has 0 radical (unpaired) electrons. The van der Waals surface area contributed by atoms with Gasteiger partial charge in [-0.05, 0) is 24.0 Å². The Hall–Kier alpha value is -1.71. The molecule has 1 aromatic carbocycles. The van der Waals surface area contributed by atoms with Crippen LogP contribution in [0.2, 0.25) is 0 Å². The Morgan fingerprint density at radius 2 is 1.95 bits per heavy atom. The number of hydrogen-bond donors (Lipinski definition) is 1. The van der Waals surface area contributed by atoms with E-state index >= 15 is 0 Å². The van der Waals surface area contributed by atoms with Crippen molar-refractivity contribution in [3.8, 4) is 11.5 Å². The summed E-state index contributed by atoms with van der Waals surface area (Å²) in [6.07, 6.45) is 0.513. The smallest absolute Gasteiger partial charge is 0.306 e. The molecule has 1 heterocycles. The van der Waals surface area contributed by atoms with Crippen molar-refractivity contribution in [2.75, 3.05) is 13.2 Å². The van der Waals surface area contributed by atoms with Gasteiger partial charge < -0.3 is 14.6 Å². The Morgan fingerprint density at radius 3 is 2.58 bits per heavy atom. The maximum atomic E-state index is 11.0. The number of hydrogen-bond acceptors (Lipinski definition) is 3. The molecule has 104 valence electrons. The van der Waals surface area contributed by atoms with Crippen LogP contribution in [0.5, 0.6) is 11.5 Å². The van der Waals surface area contributed by atoms with Crippen molar-refractivity contribution in [1.82, 2.24) is 0 Å². The summed E-state index contributed by atoms with van der Waals surface area (Å²) < 4.78 is 11.3. The third-order valence-electron chi connectivity index (χ3n) is 3.36. The lowest BCUT2D eigenvalue weighted by atomic mass is 9.90. The van der Waals surface area contributed by atoms with E-state index in [2.05, 4.69) is 13.8 Å². The van der Waals surface area contributed by atoms with Crippen molar-refractivity contribution in [3.63, 3.8) is 0 Å². The first-order valence-electron chi connectivity index (χ1n) is 6.65. The Bertz CT molecular complexity index is 479. The van der Waals surface area contributed by atoms with Crippen molar-refractivity contribution < 1.29 is 19.4 Å². The fraction of sp³-hybridized carbons (Fsp3) is 0.533. The zero-order valence-electron chi connectivity index (χ0n) is 11.6. The monoisotopic (exact) mass is 264 g/mol. The van der Waals surface area contributed by atoms with E-state index in [4.69, 9.17) is 14.6 Å². The van der Waals surface area contributed by atoms with Gasteiger partial charge in [0.2, 0.25) is 0 Å². The van der Waals surface area contributed by atoms with Crippen LogP contribution in [-0.4, -0.2) is 24.3 Å². The zero-order valence-corrected chi connectivity index (χ0v) is 11.6. The van der Waals surface area contributed by atoms with Crippen molar-refractivity contribution >= 4 is 5.97 Å². The lowest BCUT2D eigenvalue weighted by Gasteiger charge is -2.25. The number of rotatable bonds is 4. The van der Waals surface area contributed by atoms with Crippen LogP contribution in [0.4, 0.5) is 0 Å². The summed E-state index contributed by atoms with van der Waals surface area (Å²) in [5, 5.41) is 9.06. The van der Waals surface area contributed by atoms with Crippen LogP contribution in [0.15, 0.2) is 12.1 Å². The van der Waals surface area contributed by atoms with Crippen molar-refractivity contribution in [1.29, 1.82) is 0 Å². The molecule has 0 amide bonds. The molecule has 0 aromatic heterocycles. The van der Waals surface area contributed by atoms with E-state index in [0.29, 0.717) is 19.6 Å². The van der Waals surface area contributed by atoms with Crippen LogP contribution in [0.3, 0.4) is 0 Å². The number of carbonyl (C=O) groups is 1. The first kappa shape index (κ1) is 13.7. The molecule has 4 heteroatoms. The van der Waals surface area contributed by atoms with E-state index in [1.807, 2.05) is 12.1 Å². The Balaban J connectivity index is 2.40. The van der Waals surface area contributed by atoms with Gasteiger partial charge in [0.25, 0.3) is 0 Å². The van der Waals surface area contributed by atoms with Gasteiger partial charge >= 0.3 is 5.97 Å². The summed E-state index contributed by atoms with van der Waals surface area (Å²) >= 11 is 0. The molecule has 0 aliphatic carbocycles. The topological polar surface area (TPSA) is 55.8 Å². The minimum absolute atomic E-state index is 0.271. The quantitative estimate of drug-likeness (QED) is 0.908. The number of carboxylic acids is 1. The molecule has 19 heavy (non-hydrogen) atoms. The second-order valence-corrected chi connectivity index (χ2v) is 5.26. The fourth-order valence-corrected chi connectivity index (χ4v) is 2.41. The predicted molar refractivity (Wildman–Crippen MR) is 72.0 cm³/mol. The highest BCUT2D eigenvalue weighted by molar-refractivity contribution is 5.70. The van der Waals surface area contributed by atoms with Crippen LogP contribution < -0.4 is 9.47 Å². The molecule has 0 fully saturated rings. The number of aliphatic carboxylic acids is 1. The van der Waals surface area contributed by atoms with Gasteiger partial charge in [-0.15, -0.1) is 0 Å². The Morgan fingerprint density at radius 1 is 1.26 bits per heavy atom. The lowest BCUT2D eigenvalue weighted by Crippen LogP contribution is -2.19. The van der Waals surface area contributed by atoms with Gasteiger partial charge in [0.1, 0.15) is 13.2 Å². The molecule has 1 aromatic rings. The summed E-state index contributed by atoms with van der Waals surface area (Å²) in [5.74, 6) is 0.648. The van der Waals surface area contributed by atoms with Gasteiger partial charge in [0.05, 0.1) is 5.92 Å². The van der Waals surface area contributed by atoms with Gasteiger partial charge in [-0.25, -0.2) is 0 Å². The minimum atomic E-state index is -0.774. The fourth-order valence-electron chi connectivity index (χ4n) is 2.41. The second-order valence-electron chi connectivity index (χ2n) is 5.26. The van der Waals surface area contributed by atoms with Gasteiger partial charge in [0, 0.05) is 5.56 Å². The van der Waals surface area contributed by atoms with Gasteiger partial charge in [-0.2, -0.15) is 0 Å². The molecule has 2 rings (SSSR count). The molecule has 0 saturated heterocycles. The molecule has 1 aliphatic heterocycles. The molecular formula is C15H20O4. The van der Waals surface area contributed by atoms with Crippen LogP contribution in [0.1, 0.15) is 37.8 Å². The summed E-state index contributed by atoms with van der Waals surface area (Å²) in [6, 6.07) is 3.84. The van der Waals surface area contributed by atoms with Crippen LogP contribution in [-0.2, 0) is 11.2 Å². The highest BCUT2D eigenvalue weighted by Crippen LogP contribution is 2.40. The maximum Gasteiger partial charge on any atom is 0.306 e. The van der Waals surface area contributed by atoms with Crippen molar-refractivity contribution in [2.24, 2.45) is 5.92 Å². The molecule has 0 saturated carbocycles. The Kier molecular flexibility index (Phi) is 3.98. The minimum Gasteiger partial charge on any atom is -0.486 e. The predicted octanol–water partition coefficient (Wildman–Crippen LogP) is 2.84. The lowest BCUT2D eigenvalue weighted by molar-refractivity contribution is -0.141. The van der Waals surface area contributed by atoms with E-state index in [-0.39, 0.29) is 5.92 Å². The van der Waals surface area contributed by atoms with Crippen LogP contribution >= 0.6 is 0 Å². The average molecular weight is 264 g/mol. The van der Waals surface area contributed by atoms with E-state index < -0.39 is 11.9 Å². The number of benzene rings is 1. The van der Waals surface area contributed by atoms with E-state index in [9.17, 15) is 4.79 Å². The zero-order chi connectivity index (χ0) is 14.0. The molecule has 1 unspecified atom stereocenters. The van der Waals surface area contributed by atoms with E-state index in [1.54, 1.807) is 6.92 Å². The van der Waals surface area contributed by atoms with Crippen LogP contribution in [0, 0.1) is 5.92 Å². The first-order valence-corrected chi connectivity index (χ1v) is 6.65. The molecule has 1 aliphatic rings. The van der Waals surface area contributed by atoms with Crippen molar-refractivity contribution in [2.45, 2.75) is 33.1 Å². The molecule has 0 bridgehead atoms. The van der Waals surface area contributed by atoms with Gasteiger partial charge in [-0.1, -0.05) is 26.8 Å². The number of ether oxygens (including phenoxy) is 2. The summed E-state index contributed by atoms with van der Waals surface area (Å²) in [6.45, 7) is 7.01. The van der Waals surface area contributed by atoms with Gasteiger partial charge in [0.15, 0.2) is 11.5 Å². The molecule has 1 N–H and O–H groups in total. The standard InChI is InChI=1S/C15H20O4/c1-9(2)13-11(8-10(3)15(16)17)4-5-12-14(13)19-7-6-18-12/h4-5,9-10H,6-8H2,1-3H3,(H,16,17). The second kappa shape index (κ2) is 5.51. The highest BCUT2D eigenvalue weighted by Gasteiger charge is 2.23. The summed E-state index contributed by atoms with van der Waals surface area (Å²) in [4.78, 5) is 11.0. The third kappa shape index (κ3) is 2.83. The Labute approximate surface area is 113 Å². The highest BCUT2D eigenvalue weighted by atomic mass is 16.6. The number of carboxylic acid groups (broad SMARTS) is 1. The maximum absolute atomic E-state index is 11.0. The summed E-state index contributed by atoms with van der Waals surface area (Å²) in [5.41, 5.74) is 2.11. The molecular weight excluding hydrogens is 244 g/mol. The largest absolute Gasteiger partial charge is 0.486 e. The van der Waals surface area contributed by atoms with E-state index in [1.165, 1.54) is 0 Å². The third-order valence-corrected chi connectivity index (χ3v) is 3.36. The molecule has 4 nitrogen and oxygen atoms in total. The van der Waals surface area contributed by atoms with Crippen LogP contribution in [0.25, 0.3) is 0 Å².